The van der Waals surface area contributed by atoms with Gasteiger partial charge in [-0.25, -0.2) is 4.99 Å². The Morgan fingerprint density at radius 2 is 2.11 bits per heavy atom. The molecule has 98 valence electrons. The minimum absolute atomic E-state index is 0.524. The fourth-order valence-corrected chi connectivity index (χ4v) is 2.10. The van der Waals surface area contributed by atoms with Gasteiger partial charge in [0.2, 0.25) is 0 Å². The minimum atomic E-state index is 0.524. The van der Waals surface area contributed by atoms with Gasteiger partial charge in [0, 0.05) is 18.0 Å². The van der Waals surface area contributed by atoms with Crippen molar-refractivity contribution >= 4 is 22.6 Å². The molecular weight excluding hydrogens is 258 g/mol. The van der Waals surface area contributed by atoms with Crippen LogP contribution in [0.5, 0.6) is 5.75 Å². The highest BCUT2D eigenvalue weighted by molar-refractivity contribution is 8.13. The third-order valence-corrected chi connectivity index (χ3v) is 3.21. The quantitative estimate of drug-likeness (QED) is 0.687. The van der Waals surface area contributed by atoms with E-state index in [1.807, 2.05) is 42.5 Å². The SMILES string of the molecule is COc1ccnc(CSC(N)=Nc2ccccc2)c1. The average molecular weight is 273 g/mol. The van der Waals surface area contributed by atoms with Gasteiger partial charge >= 0.3 is 0 Å². The third-order valence-electron chi connectivity index (χ3n) is 2.39. The Morgan fingerprint density at radius 3 is 2.84 bits per heavy atom. The second-order valence-corrected chi connectivity index (χ2v) is 4.76. The van der Waals surface area contributed by atoms with Gasteiger partial charge in [-0.3, -0.25) is 4.98 Å². The molecule has 0 bridgehead atoms. The number of aromatic nitrogens is 1. The summed E-state index contributed by atoms with van der Waals surface area (Å²) in [5.74, 6) is 1.46. The van der Waals surface area contributed by atoms with Gasteiger partial charge in [-0.2, -0.15) is 0 Å². The minimum Gasteiger partial charge on any atom is -0.497 e. The molecule has 1 aromatic carbocycles. The summed E-state index contributed by atoms with van der Waals surface area (Å²) in [5.41, 5.74) is 7.64. The molecule has 2 aromatic rings. The number of thioether (sulfide) groups is 1. The molecule has 0 saturated heterocycles. The predicted molar refractivity (Wildman–Crippen MR) is 79.8 cm³/mol. The molecule has 1 heterocycles. The smallest absolute Gasteiger partial charge is 0.159 e. The lowest BCUT2D eigenvalue weighted by atomic mass is 10.3. The Bertz CT molecular complexity index is 558. The molecule has 0 spiro atoms. The number of nitrogens with zero attached hydrogens (tertiary/aromatic N) is 2. The van der Waals surface area contributed by atoms with Crippen LogP contribution in [-0.4, -0.2) is 17.3 Å². The molecule has 5 heteroatoms. The Hall–Kier alpha value is -2.01. The number of benzene rings is 1. The van der Waals surface area contributed by atoms with Gasteiger partial charge in [0.1, 0.15) is 5.75 Å². The molecule has 0 atom stereocenters. The number of para-hydroxylation sites is 1. The van der Waals surface area contributed by atoms with Crippen LogP contribution in [0.4, 0.5) is 5.69 Å². The number of rotatable bonds is 4. The maximum atomic E-state index is 5.88. The molecule has 2 rings (SSSR count). The zero-order chi connectivity index (χ0) is 13.5. The van der Waals surface area contributed by atoms with E-state index >= 15 is 0 Å². The molecule has 4 nitrogen and oxygen atoms in total. The van der Waals surface area contributed by atoms with Crippen LogP contribution in [0.15, 0.2) is 53.7 Å². The number of ether oxygens (including phenoxy) is 1. The number of pyridine rings is 1. The van der Waals surface area contributed by atoms with Crippen LogP contribution in [0.25, 0.3) is 0 Å². The highest BCUT2D eigenvalue weighted by atomic mass is 32.2. The Morgan fingerprint density at radius 1 is 1.32 bits per heavy atom. The van der Waals surface area contributed by atoms with Crippen LogP contribution in [0.1, 0.15) is 5.69 Å². The van der Waals surface area contributed by atoms with Crippen molar-refractivity contribution in [2.24, 2.45) is 10.7 Å². The van der Waals surface area contributed by atoms with E-state index in [-0.39, 0.29) is 0 Å². The molecule has 0 aliphatic heterocycles. The number of aliphatic imine (C=N–C) groups is 1. The predicted octanol–water partition coefficient (Wildman–Crippen LogP) is 2.97. The van der Waals surface area contributed by atoms with Crippen molar-refractivity contribution in [3.63, 3.8) is 0 Å². The molecule has 19 heavy (non-hydrogen) atoms. The van der Waals surface area contributed by atoms with E-state index < -0.39 is 0 Å². The molecule has 0 fully saturated rings. The Balaban J connectivity index is 1.96. The van der Waals surface area contributed by atoms with Gasteiger partial charge in [0.25, 0.3) is 0 Å². The van der Waals surface area contributed by atoms with E-state index in [1.165, 1.54) is 11.8 Å². The lowest BCUT2D eigenvalue weighted by Crippen LogP contribution is -2.06. The third kappa shape index (κ3) is 4.30. The first-order chi connectivity index (χ1) is 9.28. The lowest BCUT2D eigenvalue weighted by molar-refractivity contribution is 0.414. The Labute approximate surface area is 116 Å². The zero-order valence-electron chi connectivity index (χ0n) is 10.6. The largest absolute Gasteiger partial charge is 0.497 e. The number of nitrogens with two attached hydrogens (primary N) is 1. The summed E-state index contributed by atoms with van der Waals surface area (Å²) in [4.78, 5) is 8.57. The van der Waals surface area contributed by atoms with E-state index in [9.17, 15) is 0 Å². The van der Waals surface area contributed by atoms with E-state index in [1.54, 1.807) is 13.3 Å². The van der Waals surface area contributed by atoms with Gasteiger partial charge in [-0.15, -0.1) is 0 Å². The van der Waals surface area contributed by atoms with E-state index in [0.29, 0.717) is 10.9 Å². The molecule has 0 unspecified atom stereocenters. The normalized spacial score (nSPS) is 11.3. The highest BCUT2D eigenvalue weighted by Crippen LogP contribution is 2.17. The van der Waals surface area contributed by atoms with Crippen LogP contribution in [-0.2, 0) is 5.75 Å². The fraction of sp³-hybridized carbons (Fsp3) is 0.143. The van der Waals surface area contributed by atoms with Crippen LogP contribution in [0, 0.1) is 0 Å². The molecule has 0 aliphatic carbocycles. The van der Waals surface area contributed by atoms with E-state index in [2.05, 4.69) is 9.98 Å². The second-order valence-electron chi connectivity index (χ2n) is 3.76. The van der Waals surface area contributed by atoms with Crippen molar-refractivity contribution in [1.82, 2.24) is 4.98 Å². The van der Waals surface area contributed by atoms with Crippen molar-refractivity contribution in [1.29, 1.82) is 0 Å². The summed E-state index contributed by atoms with van der Waals surface area (Å²) >= 11 is 1.45. The number of amidine groups is 1. The van der Waals surface area contributed by atoms with Crippen LogP contribution in [0.3, 0.4) is 0 Å². The highest BCUT2D eigenvalue weighted by Gasteiger charge is 2.00. The number of methoxy groups -OCH3 is 1. The monoisotopic (exact) mass is 273 g/mol. The lowest BCUT2D eigenvalue weighted by Gasteiger charge is -2.03. The molecule has 1 aromatic heterocycles. The van der Waals surface area contributed by atoms with Crippen molar-refractivity contribution in [3.8, 4) is 5.75 Å². The van der Waals surface area contributed by atoms with Gasteiger partial charge in [0.15, 0.2) is 5.17 Å². The van der Waals surface area contributed by atoms with Crippen LogP contribution >= 0.6 is 11.8 Å². The maximum absolute atomic E-state index is 5.88. The summed E-state index contributed by atoms with van der Waals surface area (Å²) in [7, 11) is 1.64. The summed E-state index contributed by atoms with van der Waals surface area (Å²) < 4.78 is 5.15. The number of hydrogen-bond acceptors (Lipinski definition) is 4. The van der Waals surface area contributed by atoms with Crippen molar-refractivity contribution in [2.75, 3.05) is 7.11 Å². The second kappa shape index (κ2) is 6.80. The number of hydrogen-bond donors (Lipinski definition) is 1. The summed E-state index contributed by atoms with van der Waals surface area (Å²) in [5, 5.41) is 0.524. The first kappa shape index (κ1) is 13.4. The molecule has 0 amide bonds. The zero-order valence-corrected chi connectivity index (χ0v) is 11.4. The standard InChI is InChI=1S/C14H15N3OS/c1-18-13-7-8-16-12(9-13)10-19-14(15)17-11-5-3-2-4-6-11/h2-9H,10H2,1H3,(H2,15,17). The molecule has 0 aliphatic rings. The van der Waals surface area contributed by atoms with E-state index in [0.717, 1.165) is 17.1 Å². The average Bonchev–Trinajstić information content (AvgIpc) is 2.46. The summed E-state index contributed by atoms with van der Waals surface area (Å²) in [6.45, 7) is 0. The van der Waals surface area contributed by atoms with Gasteiger partial charge in [0.05, 0.1) is 18.5 Å². The molecule has 2 N–H and O–H groups in total. The van der Waals surface area contributed by atoms with Gasteiger partial charge < -0.3 is 10.5 Å². The summed E-state index contributed by atoms with van der Waals surface area (Å²) in [6.07, 6.45) is 1.72. The summed E-state index contributed by atoms with van der Waals surface area (Å²) in [6, 6.07) is 13.3. The van der Waals surface area contributed by atoms with Gasteiger partial charge in [-0.1, -0.05) is 30.0 Å². The van der Waals surface area contributed by atoms with Crippen LogP contribution in [0.2, 0.25) is 0 Å². The molecule has 0 saturated carbocycles. The maximum Gasteiger partial charge on any atom is 0.159 e. The van der Waals surface area contributed by atoms with Crippen molar-refractivity contribution in [2.45, 2.75) is 5.75 Å². The molecule has 0 radical (unpaired) electrons. The van der Waals surface area contributed by atoms with Crippen molar-refractivity contribution in [3.05, 3.63) is 54.4 Å². The van der Waals surface area contributed by atoms with Crippen LogP contribution < -0.4 is 10.5 Å². The first-order valence-corrected chi connectivity index (χ1v) is 6.77. The first-order valence-electron chi connectivity index (χ1n) is 5.79. The fourth-order valence-electron chi connectivity index (χ4n) is 1.47. The van der Waals surface area contributed by atoms with E-state index in [4.69, 9.17) is 10.5 Å². The van der Waals surface area contributed by atoms with Crippen molar-refractivity contribution < 1.29 is 4.74 Å². The molecular formula is C14H15N3OS. The Kier molecular flexibility index (Phi) is 4.80. The van der Waals surface area contributed by atoms with Gasteiger partial charge in [-0.05, 0) is 18.2 Å². The topological polar surface area (TPSA) is 60.5 Å².